The first kappa shape index (κ1) is 15.2. The molecule has 7 heteroatoms. The molecular formula is C18H12N4O2S. The Balaban J connectivity index is 1.56. The summed E-state index contributed by atoms with van der Waals surface area (Å²) in [6, 6.07) is 15.0. The van der Waals surface area contributed by atoms with E-state index in [9.17, 15) is 4.79 Å². The third kappa shape index (κ3) is 3.17. The lowest BCUT2D eigenvalue weighted by Crippen LogP contribution is -2.12. The average molecular weight is 348 g/mol. The molecule has 0 spiro atoms. The van der Waals surface area contributed by atoms with Gasteiger partial charge in [-0.05, 0) is 12.1 Å². The van der Waals surface area contributed by atoms with E-state index in [0.717, 1.165) is 11.3 Å². The smallest absolute Gasteiger partial charge is 0.295 e. The van der Waals surface area contributed by atoms with Crippen molar-refractivity contribution in [1.82, 2.24) is 15.0 Å². The molecule has 1 aromatic carbocycles. The van der Waals surface area contributed by atoms with Crippen LogP contribution in [0, 0.1) is 0 Å². The zero-order valence-electron chi connectivity index (χ0n) is 12.9. The van der Waals surface area contributed by atoms with Crippen LogP contribution in [0.3, 0.4) is 0 Å². The number of nitrogens with zero attached hydrogens (tertiary/aromatic N) is 3. The fourth-order valence-electron chi connectivity index (χ4n) is 2.33. The van der Waals surface area contributed by atoms with Crippen molar-refractivity contribution in [2.45, 2.75) is 0 Å². The Morgan fingerprint density at radius 2 is 1.84 bits per heavy atom. The van der Waals surface area contributed by atoms with E-state index in [0.29, 0.717) is 16.5 Å². The van der Waals surface area contributed by atoms with Crippen LogP contribution >= 0.6 is 11.3 Å². The van der Waals surface area contributed by atoms with E-state index in [1.54, 1.807) is 6.20 Å². The second kappa shape index (κ2) is 6.66. The van der Waals surface area contributed by atoms with Crippen molar-refractivity contribution in [3.8, 4) is 22.6 Å². The van der Waals surface area contributed by atoms with Crippen molar-refractivity contribution >= 4 is 22.4 Å². The number of oxazole rings is 1. The minimum absolute atomic E-state index is 0.154. The average Bonchev–Trinajstić information content (AvgIpc) is 3.33. The number of hydrogen-bond donors (Lipinski definition) is 1. The number of rotatable bonds is 4. The first-order valence-electron chi connectivity index (χ1n) is 7.48. The molecule has 6 nitrogen and oxygen atoms in total. The van der Waals surface area contributed by atoms with Crippen molar-refractivity contribution in [3.05, 3.63) is 72.3 Å². The van der Waals surface area contributed by atoms with E-state index in [1.165, 1.54) is 17.7 Å². The number of amides is 1. The summed E-state index contributed by atoms with van der Waals surface area (Å²) in [6.45, 7) is 0. The van der Waals surface area contributed by atoms with E-state index in [4.69, 9.17) is 4.42 Å². The molecule has 25 heavy (non-hydrogen) atoms. The van der Waals surface area contributed by atoms with Crippen LogP contribution in [0.2, 0.25) is 0 Å². The molecule has 0 radical (unpaired) electrons. The standard InChI is InChI=1S/C18H12N4O2S/c23-17(16-15(20-11-24-16)12-6-2-1-3-7-12)22-18-21-14(10-25-18)13-8-4-5-9-19-13/h1-11H,(H,21,22,23). The van der Waals surface area contributed by atoms with Crippen LogP contribution in [0.4, 0.5) is 5.13 Å². The van der Waals surface area contributed by atoms with Gasteiger partial charge in [0, 0.05) is 17.1 Å². The van der Waals surface area contributed by atoms with Gasteiger partial charge in [-0.25, -0.2) is 9.97 Å². The Kier molecular flexibility index (Phi) is 4.05. The Labute approximate surface area is 147 Å². The van der Waals surface area contributed by atoms with Gasteiger partial charge in [0.05, 0.1) is 5.69 Å². The molecule has 0 fully saturated rings. The molecule has 0 aliphatic heterocycles. The summed E-state index contributed by atoms with van der Waals surface area (Å²) in [4.78, 5) is 25.3. The minimum Gasteiger partial charge on any atom is -0.438 e. The summed E-state index contributed by atoms with van der Waals surface area (Å²) in [5.41, 5.74) is 2.78. The van der Waals surface area contributed by atoms with E-state index in [2.05, 4.69) is 20.3 Å². The van der Waals surface area contributed by atoms with Gasteiger partial charge < -0.3 is 4.42 Å². The largest absolute Gasteiger partial charge is 0.438 e. The van der Waals surface area contributed by atoms with Crippen molar-refractivity contribution in [2.24, 2.45) is 0 Å². The molecule has 0 unspecified atom stereocenters. The lowest BCUT2D eigenvalue weighted by atomic mass is 10.1. The van der Waals surface area contributed by atoms with Crippen molar-refractivity contribution < 1.29 is 9.21 Å². The van der Waals surface area contributed by atoms with Crippen LogP contribution in [0.5, 0.6) is 0 Å². The molecule has 0 aliphatic carbocycles. The van der Waals surface area contributed by atoms with Crippen molar-refractivity contribution in [3.63, 3.8) is 0 Å². The van der Waals surface area contributed by atoms with Gasteiger partial charge in [0.2, 0.25) is 5.76 Å². The molecule has 4 aromatic rings. The van der Waals surface area contributed by atoms with Gasteiger partial charge in [-0.1, -0.05) is 36.4 Å². The predicted octanol–water partition coefficient (Wildman–Crippen LogP) is 4.11. The highest BCUT2D eigenvalue weighted by atomic mass is 32.1. The molecule has 122 valence electrons. The summed E-state index contributed by atoms with van der Waals surface area (Å²) in [6.07, 6.45) is 2.96. The molecule has 4 rings (SSSR count). The first-order chi connectivity index (χ1) is 12.3. The Bertz CT molecular complexity index is 996. The van der Waals surface area contributed by atoms with Gasteiger partial charge in [-0.3, -0.25) is 15.1 Å². The third-order valence-electron chi connectivity index (χ3n) is 3.47. The van der Waals surface area contributed by atoms with E-state index < -0.39 is 5.91 Å². The Morgan fingerprint density at radius 3 is 2.64 bits per heavy atom. The summed E-state index contributed by atoms with van der Waals surface area (Å²) in [7, 11) is 0. The Morgan fingerprint density at radius 1 is 1.00 bits per heavy atom. The Hall–Kier alpha value is -3.32. The lowest BCUT2D eigenvalue weighted by molar-refractivity contribution is 0.0997. The van der Waals surface area contributed by atoms with Gasteiger partial charge >= 0.3 is 0 Å². The quantitative estimate of drug-likeness (QED) is 0.600. The molecule has 0 saturated carbocycles. The number of carbonyl (C=O) groups is 1. The van der Waals surface area contributed by atoms with Gasteiger partial charge in [0.1, 0.15) is 11.4 Å². The second-order valence-corrected chi connectivity index (χ2v) is 5.96. The van der Waals surface area contributed by atoms with Crippen LogP contribution in [0.1, 0.15) is 10.6 Å². The van der Waals surface area contributed by atoms with Crippen LogP contribution in [-0.2, 0) is 0 Å². The first-order valence-corrected chi connectivity index (χ1v) is 8.36. The van der Waals surface area contributed by atoms with Crippen molar-refractivity contribution in [2.75, 3.05) is 5.32 Å². The number of thiazole rings is 1. The molecule has 1 N–H and O–H groups in total. The molecular weight excluding hydrogens is 336 g/mol. The van der Waals surface area contributed by atoms with E-state index >= 15 is 0 Å². The number of hydrogen-bond acceptors (Lipinski definition) is 6. The zero-order valence-corrected chi connectivity index (χ0v) is 13.7. The van der Waals surface area contributed by atoms with E-state index in [-0.39, 0.29) is 5.76 Å². The fraction of sp³-hybridized carbons (Fsp3) is 0. The SMILES string of the molecule is O=C(Nc1nc(-c2ccccn2)cs1)c1ocnc1-c1ccccc1. The fourth-order valence-corrected chi connectivity index (χ4v) is 3.03. The minimum atomic E-state index is -0.390. The molecule has 1 amide bonds. The highest BCUT2D eigenvalue weighted by molar-refractivity contribution is 7.14. The molecule has 3 heterocycles. The summed E-state index contributed by atoms with van der Waals surface area (Å²) >= 11 is 1.33. The highest BCUT2D eigenvalue weighted by Crippen LogP contribution is 2.26. The van der Waals surface area contributed by atoms with Gasteiger partial charge in [-0.2, -0.15) is 0 Å². The van der Waals surface area contributed by atoms with Gasteiger partial charge in [0.25, 0.3) is 5.91 Å². The normalized spacial score (nSPS) is 10.6. The number of nitrogens with one attached hydrogen (secondary N) is 1. The maximum atomic E-state index is 12.5. The second-order valence-electron chi connectivity index (χ2n) is 5.10. The summed E-state index contributed by atoms with van der Waals surface area (Å²) in [5, 5.41) is 5.07. The monoisotopic (exact) mass is 348 g/mol. The number of aromatic nitrogens is 3. The molecule has 0 atom stereocenters. The van der Waals surface area contributed by atoms with E-state index in [1.807, 2.05) is 53.9 Å². The van der Waals surface area contributed by atoms with Gasteiger partial charge in [-0.15, -0.1) is 11.3 Å². The molecule has 3 aromatic heterocycles. The molecule has 0 saturated heterocycles. The van der Waals surface area contributed by atoms with Crippen LogP contribution in [0.15, 0.2) is 70.9 Å². The van der Waals surface area contributed by atoms with Crippen LogP contribution < -0.4 is 5.32 Å². The van der Waals surface area contributed by atoms with Crippen molar-refractivity contribution in [1.29, 1.82) is 0 Å². The number of pyridine rings is 1. The summed E-state index contributed by atoms with van der Waals surface area (Å²) in [5.74, 6) is -0.237. The lowest BCUT2D eigenvalue weighted by Gasteiger charge is -2.01. The van der Waals surface area contributed by atoms with Gasteiger partial charge in [0.15, 0.2) is 11.5 Å². The highest BCUT2D eigenvalue weighted by Gasteiger charge is 2.19. The molecule has 0 aliphatic rings. The maximum Gasteiger partial charge on any atom is 0.295 e. The predicted molar refractivity (Wildman–Crippen MR) is 95.2 cm³/mol. The maximum absolute atomic E-state index is 12.5. The summed E-state index contributed by atoms with van der Waals surface area (Å²) < 4.78 is 5.29. The number of benzene rings is 1. The zero-order chi connectivity index (χ0) is 17.1. The van der Waals surface area contributed by atoms with Crippen LogP contribution in [-0.4, -0.2) is 20.9 Å². The van der Waals surface area contributed by atoms with Crippen LogP contribution in [0.25, 0.3) is 22.6 Å². The number of anilines is 1. The topological polar surface area (TPSA) is 80.9 Å². The molecule has 0 bridgehead atoms. The third-order valence-corrected chi connectivity index (χ3v) is 4.23. The number of carbonyl (C=O) groups excluding carboxylic acids is 1.